The van der Waals surface area contributed by atoms with E-state index >= 15 is 0 Å². The summed E-state index contributed by atoms with van der Waals surface area (Å²) in [5.41, 5.74) is 8.38. The van der Waals surface area contributed by atoms with Gasteiger partial charge in [0.25, 0.3) is 11.8 Å². The summed E-state index contributed by atoms with van der Waals surface area (Å²) >= 11 is 0. The average Bonchev–Trinajstić information content (AvgIpc) is 2.05. The third-order valence-corrected chi connectivity index (χ3v) is 1.79. The van der Waals surface area contributed by atoms with Gasteiger partial charge < -0.3 is 16.2 Å². The predicted molar refractivity (Wildman–Crippen MR) is 40.8 cm³/mol. The SMILES string of the molecule is NC(=O)C1(C(N)=O)CC=CCO1. The minimum atomic E-state index is -1.63. The maximum Gasteiger partial charge on any atom is 0.259 e. The highest BCUT2D eigenvalue weighted by molar-refractivity contribution is 6.07. The Kier molecular flexibility index (Phi) is 2.14. The molecule has 0 fully saturated rings. The van der Waals surface area contributed by atoms with Crippen LogP contribution in [0.3, 0.4) is 0 Å². The largest absolute Gasteiger partial charge is 0.367 e. The third kappa shape index (κ3) is 1.18. The van der Waals surface area contributed by atoms with E-state index in [-0.39, 0.29) is 13.0 Å². The van der Waals surface area contributed by atoms with Crippen LogP contribution in [0.5, 0.6) is 0 Å². The molecule has 2 amide bonds. The molecule has 5 nitrogen and oxygen atoms in total. The number of hydrogen-bond donors (Lipinski definition) is 2. The van der Waals surface area contributed by atoms with Crippen LogP contribution in [0.2, 0.25) is 0 Å². The van der Waals surface area contributed by atoms with Gasteiger partial charge in [-0.05, 0) is 0 Å². The molecule has 1 aliphatic rings. The maximum absolute atomic E-state index is 10.9. The van der Waals surface area contributed by atoms with Crippen molar-refractivity contribution in [3.05, 3.63) is 12.2 Å². The highest BCUT2D eigenvalue weighted by Gasteiger charge is 2.44. The van der Waals surface area contributed by atoms with Crippen molar-refractivity contribution in [3.63, 3.8) is 0 Å². The first-order chi connectivity index (χ1) is 5.59. The van der Waals surface area contributed by atoms with E-state index in [2.05, 4.69) is 0 Å². The molecule has 0 atom stereocenters. The van der Waals surface area contributed by atoms with Crippen LogP contribution < -0.4 is 11.5 Å². The number of rotatable bonds is 2. The van der Waals surface area contributed by atoms with Gasteiger partial charge in [0.2, 0.25) is 5.60 Å². The highest BCUT2D eigenvalue weighted by atomic mass is 16.5. The van der Waals surface area contributed by atoms with Crippen molar-refractivity contribution in [2.75, 3.05) is 6.61 Å². The molecule has 12 heavy (non-hydrogen) atoms. The number of carbonyl (C=O) groups excluding carboxylic acids is 2. The molecule has 0 bridgehead atoms. The van der Waals surface area contributed by atoms with E-state index in [0.29, 0.717) is 0 Å². The molecular weight excluding hydrogens is 160 g/mol. The zero-order chi connectivity index (χ0) is 9.19. The first kappa shape index (κ1) is 8.73. The van der Waals surface area contributed by atoms with Crippen molar-refractivity contribution < 1.29 is 14.3 Å². The van der Waals surface area contributed by atoms with Gasteiger partial charge in [0, 0.05) is 6.42 Å². The maximum atomic E-state index is 10.9. The van der Waals surface area contributed by atoms with E-state index < -0.39 is 17.4 Å². The van der Waals surface area contributed by atoms with Crippen LogP contribution in [-0.2, 0) is 14.3 Å². The van der Waals surface area contributed by atoms with E-state index in [1.54, 1.807) is 12.2 Å². The Labute approximate surface area is 69.3 Å². The lowest BCUT2D eigenvalue weighted by Gasteiger charge is -2.27. The monoisotopic (exact) mass is 170 g/mol. The molecule has 66 valence electrons. The Morgan fingerprint density at radius 2 is 1.83 bits per heavy atom. The fourth-order valence-electron chi connectivity index (χ4n) is 1.03. The number of nitrogens with two attached hydrogens (primary N) is 2. The van der Waals surface area contributed by atoms with Crippen LogP contribution in [0.25, 0.3) is 0 Å². The van der Waals surface area contributed by atoms with Gasteiger partial charge in [-0.2, -0.15) is 0 Å². The molecule has 5 heteroatoms. The zero-order valence-electron chi connectivity index (χ0n) is 6.45. The molecule has 0 spiro atoms. The average molecular weight is 170 g/mol. The van der Waals surface area contributed by atoms with Crippen LogP contribution in [0.1, 0.15) is 6.42 Å². The fraction of sp³-hybridized carbons (Fsp3) is 0.429. The van der Waals surface area contributed by atoms with Crippen molar-refractivity contribution in [3.8, 4) is 0 Å². The molecule has 0 aromatic rings. The predicted octanol–water partition coefficient (Wildman–Crippen LogP) is -1.33. The molecule has 0 aromatic heterocycles. The number of ether oxygens (including phenoxy) is 1. The number of primary amides is 2. The molecule has 0 saturated carbocycles. The summed E-state index contributed by atoms with van der Waals surface area (Å²) in [6, 6.07) is 0. The van der Waals surface area contributed by atoms with Crippen molar-refractivity contribution in [1.82, 2.24) is 0 Å². The normalized spacial score (nSPS) is 20.3. The molecule has 0 saturated heterocycles. The van der Waals surface area contributed by atoms with Gasteiger partial charge in [-0.15, -0.1) is 0 Å². The Morgan fingerprint density at radius 1 is 1.25 bits per heavy atom. The van der Waals surface area contributed by atoms with Gasteiger partial charge in [-0.3, -0.25) is 9.59 Å². The summed E-state index contributed by atoms with van der Waals surface area (Å²) in [5, 5.41) is 0. The van der Waals surface area contributed by atoms with Crippen molar-refractivity contribution in [2.45, 2.75) is 12.0 Å². The third-order valence-electron chi connectivity index (χ3n) is 1.79. The van der Waals surface area contributed by atoms with E-state index in [4.69, 9.17) is 16.2 Å². The summed E-state index contributed by atoms with van der Waals surface area (Å²) in [6.07, 6.45) is 3.47. The molecule has 1 heterocycles. The molecular formula is C7H10N2O3. The molecule has 4 N–H and O–H groups in total. The van der Waals surface area contributed by atoms with Crippen molar-refractivity contribution in [1.29, 1.82) is 0 Å². The summed E-state index contributed by atoms with van der Waals surface area (Å²) in [4.78, 5) is 21.8. The standard InChI is InChI=1S/C7H10N2O3/c8-5(10)7(6(9)11)3-1-2-4-12-7/h1-2H,3-4H2,(H2,8,10)(H2,9,11). The minimum absolute atomic E-state index is 0.123. The van der Waals surface area contributed by atoms with Crippen LogP contribution in [0, 0.1) is 0 Å². The Balaban J connectivity index is 2.94. The summed E-state index contributed by atoms with van der Waals surface area (Å²) < 4.78 is 4.95. The second kappa shape index (κ2) is 2.94. The van der Waals surface area contributed by atoms with Crippen LogP contribution in [0.15, 0.2) is 12.2 Å². The van der Waals surface area contributed by atoms with Gasteiger partial charge in [0.15, 0.2) is 0 Å². The molecule has 1 rings (SSSR count). The van der Waals surface area contributed by atoms with Gasteiger partial charge in [0.05, 0.1) is 6.61 Å². The molecule has 0 radical (unpaired) electrons. The molecule has 0 unspecified atom stereocenters. The Bertz CT molecular complexity index is 233. The summed E-state index contributed by atoms with van der Waals surface area (Å²) in [7, 11) is 0. The van der Waals surface area contributed by atoms with Crippen molar-refractivity contribution >= 4 is 11.8 Å². The first-order valence-corrected chi connectivity index (χ1v) is 3.48. The smallest absolute Gasteiger partial charge is 0.259 e. The number of carbonyl (C=O) groups is 2. The summed E-state index contributed by atoms with van der Waals surface area (Å²) in [6.45, 7) is 0.186. The van der Waals surface area contributed by atoms with Gasteiger partial charge in [-0.25, -0.2) is 0 Å². The lowest BCUT2D eigenvalue weighted by atomic mass is 9.96. The second-order valence-electron chi connectivity index (χ2n) is 2.54. The lowest BCUT2D eigenvalue weighted by Crippen LogP contribution is -2.56. The first-order valence-electron chi connectivity index (χ1n) is 3.48. The number of amides is 2. The van der Waals surface area contributed by atoms with Gasteiger partial charge >= 0.3 is 0 Å². The Hall–Kier alpha value is -1.36. The fourth-order valence-corrected chi connectivity index (χ4v) is 1.03. The van der Waals surface area contributed by atoms with E-state index in [0.717, 1.165) is 0 Å². The van der Waals surface area contributed by atoms with Crippen molar-refractivity contribution in [2.24, 2.45) is 11.5 Å². The van der Waals surface area contributed by atoms with Crippen LogP contribution in [-0.4, -0.2) is 24.0 Å². The van der Waals surface area contributed by atoms with Gasteiger partial charge in [-0.1, -0.05) is 12.2 Å². The minimum Gasteiger partial charge on any atom is -0.367 e. The second-order valence-corrected chi connectivity index (χ2v) is 2.54. The highest BCUT2D eigenvalue weighted by Crippen LogP contribution is 2.19. The Morgan fingerprint density at radius 3 is 2.08 bits per heavy atom. The topological polar surface area (TPSA) is 95.4 Å². The summed E-state index contributed by atoms with van der Waals surface area (Å²) in [5.74, 6) is -1.67. The van der Waals surface area contributed by atoms with Crippen LogP contribution in [0.4, 0.5) is 0 Å². The molecule has 0 aliphatic carbocycles. The van der Waals surface area contributed by atoms with Gasteiger partial charge in [0.1, 0.15) is 0 Å². The van der Waals surface area contributed by atoms with E-state index in [9.17, 15) is 9.59 Å². The van der Waals surface area contributed by atoms with E-state index in [1.165, 1.54) is 0 Å². The quantitative estimate of drug-likeness (QED) is 0.397. The molecule has 1 aliphatic heterocycles. The van der Waals surface area contributed by atoms with Crippen LogP contribution >= 0.6 is 0 Å². The van der Waals surface area contributed by atoms with E-state index in [1.807, 2.05) is 0 Å². The zero-order valence-corrected chi connectivity index (χ0v) is 6.45. The lowest BCUT2D eigenvalue weighted by molar-refractivity contribution is -0.156. The molecule has 0 aromatic carbocycles. The number of hydrogen-bond acceptors (Lipinski definition) is 3.